The lowest BCUT2D eigenvalue weighted by atomic mass is 10.0. The van der Waals surface area contributed by atoms with Gasteiger partial charge in [0.05, 0.1) is 18.1 Å². The molecule has 16 heavy (non-hydrogen) atoms. The van der Waals surface area contributed by atoms with Crippen LogP contribution in [-0.2, 0) is 11.0 Å². The van der Waals surface area contributed by atoms with E-state index in [2.05, 4.69) is 0 Å². The van der Waals surface area contributed by atoms with E-state index in [0.29, 0.717) is 0 Å². The number of aliphatic hydroxyl groups is 1. The van der Waals surface area contributed by atoms with Crippen LogP contribution in [-0.4, -0.2) is 16.2 Å². The maximum absolute atomic E-state index is 12.3. The van der Waals surface area contributed by atoms with Gasteiger partial charge in [0.25, 0.3) is 0 Å². The molecule has 3 nitrogen and oxygen atoms in total. The Labute approximate surface area is 89.1 Å². The Hall–Kier alpha value is -1.56. The van der Waals surface area contributed by atoms with E-state index in [4.69, 9.17) is 5.11 Å². The highest BCUT2D eigenvalue weighted by molar-refractivity contribution is 5.67. The van der Waals surface area contributed by atoms with E-state index >= 15 is 0 Å². The average molecular weight is 234 g/mol. The van der Waals surface area contributed by atoms with Gasteiger partial charge < -0.3 is 10.2 Å². The molecule has 0 saturated heterocycles. The fourth-order valence-corrected chi connectivity index (χ4v) is 1.21. The molecule has 0 aliphatic rings. The van der Waals surface area contributed by atoms with Crippen molar-refractivity contribution in [2.24, 2.45) is 0 Å². The van der Waals surface area contributed by atoms with Crippen molar-refractivity contribution in [3.8, 4) is 0 Å². The predicted octanol–water partition coefficient (Wildman–Crippen LogP) is 2.21. The summed E-state index contributed by atoms with van der Waals surface area (Å²) in [4.78, 5) is 10.3. The minimum absolute atomic E-state index is 0.0581. The summed E-state index contributed by atoms with van der Waals surface area (Å²) in [6.07, 6.45) is -6.56. The van der Waals surface area contributed by atoms with Gasteiger partial charge in [-0.25, -0.2) is 0 Å². The number of carbonyl (C=O) groups is 1. The maximum atomic E-state index is 12.3. The Balaban J connectivity index is 2.94. The van der Waals surface area contributed by atoms with E-state index in [-0.39, 0.29) is 5.56 Å². The lowest BCUT2D eigenvalue weighted by Crippen LogP contribution is -2.09. The van der Waals surface area contributed by atoms with E-state index < -0.39 is 30.2 Å². The van der Waals surface area contributed by atoms with E-state index in [9.17, 15) is 23.1 Å². The van der Waals surface area contributed by atoms with Crippen LogP contribution >= 0.6 is 0 Å². The van der Waals surface area contributed by atoms with Crippen LogP contribution in [0.15, 0.2) is 24.3 Å². The van der Waals surface area contributed by atoms with Crippen molar-refractivity contribution in [1.82, 2.24) is 0 Å². The Kier molecular flexibility index (Phi) is 3.54. The monoisotopic (exact) mass is 234 g/mol. The van der Waals surface area contributed by atoms with Crippen molar-refractivity contribution in [3.05, 3.63) is 35.4 Å². The van der Waals surface area contributed by atoms with Crippen LogP contribution < -0.4 is 0 Å². The average Bonchev–Trinajstić information content (AvgIpc) is 2.15. The van der Waals surface area contributed by atoms with Crippen molar-refractivity contribution in [2.75, 3.05) is 0 Å². The molecule has 1 unspecified atom stereocenters. The molecule has 0 fully saturated rings. The zero-order valence-corrected chi connectivity index (χ0v) is 8.03. The largest absolute Gasteiger partial charge is 0.481 e. The van der Waals surface area contributed by atoms with Crippen molar-refractivity contribution in [3.63, 3.8) is 0 Å². The fourth-order valence-electron chi connectivity index (χ4n) is 1.21. The molecule has 0 aromatic heterocycles. The van der Waals surface area contributed by atoms with Crippen LogP contribution in [0.5, 0.6) is 0 Å². The van der Waals surface area contributed by atoms with Crippen LogP contribution in [0.3, 0.4) is 0 Å². The van der Waals surface area contributed by atoms with Crippen LogP contribution in [0, 0.1) is 0 Å². The second-order valence-electron chi connectivity index (χ2n) is 3.24. The maximum Gasteiger partial charge on any atom is 0.416 e. The third-order valence-corrected chi connectivity index (χ3v) is 1.97. The third-order valence-electron chi connectivity index (χ3n) is 1.97. The molecule has 0 saturated carbocycles. The van der Waals surface area contributed by atoms with Gasteiger partial charge in [0.2, 0.25) is 0 Å². The highest BCUT2D eigenvalue weighted by Crippen LogP contribution is 2.31. The quantitative estimate of drug-likeness (QED) is 0.842. The van der Waals surface area contributed by atoms with Gasteiger partial charge in [-0.2, -0.15) is 13.2 Å². The molecule has 0 amide bonds. The number of hydrogen-bond acceptors (Lipinski definition) is 2. The summed E-state index contributed by atoms with van der Waals surface area (Å²) in [5.41, 5.74) is -0.966. The zero-order valence-electron chi connectivity index (χ0n) is 8.03. The Morgan fingerprint density at radius 1 is 1.38 bits per heavy atom. The van der Waals surface area contributed by atoms with Crippen LogP contribution in [0.25, 0.3) is 0 Å². The summed E-state index contributed by atoms with van der Waals surface area (Å²) in [6.45, 7) is 0. The van der Waals surface area contributed by atoms with Gasteiger partial charge in [-0.15, -0.1) is 0 Å². The van der Waals surface area contributed by atoms with Crippen molar-refractivity contribution in [2.45, 2.75) is 18.7 Å². The number of hydrogen-bond donors (Lipinski definition) is 2. The van der Waals surface area contributed by atoms with Gasteiger partial charge in [0.1, 0.15) is 0 Å². The van der Waals surface area contributed by atoms with Gasteiger partial charge in [-0.3, -0.25) is 4.79 Å². The number of carboxylic acids is 1. The fraction of sp³-hybridized carbons (Fsp3) is 0.300. The standard InChI is InChI=1S/C10H9F3O3/c11-10(12,13)7-3-1-2-6(4-7)8(14)5-9(15)16/h1-4,8,14H,5H2,(H,15,16). The topological polar surface area (TPSA) is 57.5 Å². The molecule has 6 heteroatoms. The minimum atomic E-state index is -4.50. The first-order valence-electron chi connectivity index (χ1n) is 4.37. The minimum Gasteiger partial charge on any atom is -0.481 e. The van der Waals surface area contributed by atoms with Crippen molar-refractivity contribution < 1.29 is 28.2 Å². The second kappa shape index (κ2) is 4.52. The van der Waals surface area contributed by atoms with E-state index in [1.807, 2.05) is 0 Å². The molecule has 0 heterocycles. The molecule has 0 bridgehead atoms. The number of halogens is 3. The van der Waals surface area contributed by atoms with Crippen LogP contribution in [0.4, 0.5) is 13.2 Å². The summed E-state index contributed by atoms with van der Waals surface area (Å²) >= 11 is 0. The van der Waals surface area contributed by atoms with Gasteiger partial charge in [-0.05, 0) is 17.7 Å². The summed E-state index contributed by atoms with van der Waals surface area (Å²) < 4.78 is 36.9. The molecule has 0 aliphatic carbocycles. The molecule has 1 rings (SSSR count). The summed E-state index contributed by atoms with van der Waals surface area (Å²) in [6, 6.07) is 3.98. The van der Waals surface area contributed by atoms with Crippen molar-refractivity contribution in [1.29, 1.82) is 0 Å². The summed E-state index contributed by atoms with van der Waals surface area (Å²) in [5, 5.41) is 17.7. The van der Waals surface area contributed by atoms with Crippen molar-refractivity contribution >= 4 is 5.97 Å². The van der Waals surface area contributed by atoms with E-state index in [1.165, 1.54) is 6.07 Å². The number of aliphatic hydroxyl groups excluding tert-OH is 1. The Bertz CT molecular complexity index is 387. The molecule has 2 N–H and O–H groups in total. The van der Waals surface area contributed by atoms with Gasteiger partial charge in [0, 0.05) is 0 Å². The molecule has 1 atom stereocenters. The van der Waals surface area contributed by atoms with E-state index in [0.717, 1.165) is 18.2 Å². The highest BCUT2D eigenvalue weighted by atomic mass is 19.4. The summed E-state index contributed by atoms with van der Waals surface area (Å²) in [5.74, 6) is -1.27. The molecule has 88 valence electrons. The number of benzene rings is 1. The first kappa shape index (κ1) is 12.5. The number of alkyl halides is 3. The molecular weight excluding hydrogens is 225 g/mol. The molecule has 0 spiro atoms. The highest BCUT2D eigenvalue weighted by Gasteiger charge is 2.30. The first-order valence-corrected chi connectivity index (χ1v) is 4.37. The number of carboxylic acid groups (broad SMARTS) is 1. The van der Waals surface area contributed by atoms with Crippen LogP contribution in [0.1, 0.15) is 23.7 Å². The SMILES string of the molecule is O=C(O)CC(O)c1cccc(C(F)(F)F)c1. The molecule has 0 aliphatic heterocycles. The third kappa shape index (κ3) is 3.23. The van der Waals surface area contributed by atoms with Crippen LogP contribution in [0.2, 0.25) is 0 Å². The molecular formula is C10H9F3O3. The lowest BCUT2D eigenvalue weighted by Gasteiger charge is -2.11. The summed E-state index contributed by atoms with van der Waals surface area (Å²) in [7, 11) is 0. The molecule has 1 aromatic rings. The Morgan fingerprint density at radius 2 is 2.00 bits per heavy atom. The lowest BCUT2D eigenvalue weighted by molar-refractivity contribution is -0.139. The van der Waals surface area contributed by atoms with Gasteiger partial charge in [-0.1, -0.05) is 12.1 Å². The smallest absolute Gasteiger partial charge is 0.416 e. The van der Waals surface area contributed by atoms with Gasteiger partial charge >= 0.3 is 12.1 Å². The second-order valence-corrected chi connectivity index (χ2v) is 3.24. The van der Waals surface area contributed by atoms with E-state index in [1.54, 1.807) is 0 Å². The predicted molar refractivity (Wildman–Crippen MR) is 48.7 cm³/mol. The molecule has 0 radical (unpaired) electrons. The number of aliphatic carboxylic acids is 1. The molecule has 1 aromatic carbocycles. The Morgan fingerprint density at radius 3 is 2.50 bits per heavy atom. The first-order chi connectivity index (χ1) is 7.30. The number of rotatable bonds is 3. The zero-order chi connectivity index (χ0) is 12.3. The normalized spacial score (nSPS) is 13.5. The van der Waals surface area contributed by atoms with Gasteiger partial charge in [0.15, 0.2) is 0 Å².